The summed E-state index contributed by atoms with van der Waals surface area (Å²) in [5, 5.41) is 4.52. The van der Waals surface area contributed by atoms with Crippen LogP contribution in [0, 0.1) is 23.7 Å². The van der Waals surface area contributed by atoms with E-state index in [4.69, 9.17) is 52.1 Å². The molecule has 2 aromatic carbocycles. The van der Waals surface area contributed by atoms with Gasteiger partial charge in [0.15, 0.2) is 0 Å². The van der Waals surface area contributed by atoms with Crippen LogP contribution in [0.1, 0.15) is 54.0 Å². The topological polar surface area (TPSA) is 112 Å². The summed E-state index contributed by atoms with van der Waals surface area (Å²) in [7, 11) is 4.68. The van der Waals surface area contributed by atoms with Gasteiger partial charge < -0.3 is 24.3 Å². The molecule has 0 bridgehead atoms. The average Bonchev–Trinajstić information content (AvgIpc) is 3.52. The minimum Gasteiger partial charge on any atom is -0.481 e. The number of aromatic nitrogens is 2. The van der Waals surface area contributed by atoms with E-state index >= 15 is 0 Å². The highest BCUT2D eigenvalue weighted by molar-refractivity contribution is 6.36. The van der Waals surface area contributed by atoms with Gasteiger partial charge in [-0.25, -0.2) is 4.98 Å². The molecule has 0 spiro atoms. The monoisotopic (exact) mass is 770 g/mol. The van der Waals surface area contributed by atoms with Gasteiger partial charge in [-0.15, -0.1) is 0 Å². The van der Waals surface area contributed by atoms with E-state index in [0.717, 1.165) is 78.0 Å². The van der Waals surface area contributed by atoms with Gasteiger partial charge in [0.1, 0.15) is 16.9 Å². The number of nitrogens with one attached hydrogen (secondary N) is 1. The molecule has 10 nitrogen and oxygen atoms in total. The van der Waals surface area contributed by atoms with Crippen molar-refractivity contribution in [2.45, 2.75) is 51.3 Å². The number of pyridine rings is 2. The molecule has 2 saturated carbocycles. The second kappa shape index (κ2) is 15.5. The summed E-state index contributed by atoms with van der Waals surface area (Å²) in [6.07, 6.45) is 3.61. The van der Waals surface area contributed by atoms with Crippen molar-refractivity contribution in [2.75, 3.05) is 41.0 Å². The van der Waals surface area contributed by atoms with Crippen molar-refractivity contribution in [1.29, 1.82) is 0 Å². The van der Waals surface area contributed by atoms with Crippen LogP contribution in [0.4, 0.5) is 0 Å². The standard InChI is InChI=1S/C42H44Cl2N4O6/c1-51-39-24(19-45-18-23-10-12-26(49)16-23)11-14-35(46-39)31-9-5-8-30(38(31)44)27-6-4-7-29-28(27)13-15-36(29)54-41-34(43)17-25(40(47-41)52-2)20-48-21-32-33(22-48)37(32)42(50)53-3/h4-9,11,14,17,23,32-33,36-37,45H,10,12-13,15-16,18-22H2,1-3H3/t23-,32-,33+,36+,37?/m1/s1. The molecule has 3 aliphatic carbocycles. The number of benzene rings is 2. The molecule has 282 valence electrons. The molecule has 1 aliphatic heterocycles. The summed E-state index contributed by atoms with van der Waals surface area (Å²) in [6.45, 7) is 3.69. The predicted molar refractivity (Wildman–Crippen MR) is 206 cm³/mol. The third kappa shape index (κ3) is 7.17. The van der Waals surface area contributed by atoms with E-state index in [0.29, 0.717) is 77.2 Å². The summed E-state index contributed by atoms with van der Waals surface area (Å²) in [4.78, 5) is 35.5. The van der Waals surface area contributed by atoms with Gasteiger partial charge in [-0.2, -0.15) is 4.98 Å². The maximum absolute atomic E-state index is 12.0. The number of ketones is 1. The van der Waals surface area contributed by atoms with E-state index in [1.807, 2.05) is 42.5 Å². The minimum absolute atomic E-state index is 0.0223. The van der Waals surface area contributed by atoms with E-state index in [9.17, 15) is 9.59 Å². The molecule has 1 unspecified atom stereocenters. The number of esters is 1. The Labute approximate surface area is 325 Å². The molecule has 0 amide bonds. The van der Waals surface area contributed by atoms with Crippen molar-refractivity contribution in [3.05, 3.63) is 86.9 Å². The van der Waals surface area contributed by atoms with E-state index in [-0.39, 0.29) is 18.0 Å². The molecule has 12 heteroatoms. The van der Waals surface area contributed by atoms with Crippen LogP contribution in [0.2, 0.25) is 10.0 Å². The van der Waals surface area contributed by atoms with Gasteiger partial charge in [-0.1, -0.05) is 65.7 Å². The number of ether oxygens (including phenoxy) is 4. The summed E-state index contributed by atoms with van der Waals surface area (Å²) in [6, 6.07) is 18.1. The van der Waals surface area contributed by atoms with Gasteiger partial charge in [0.2, 0.25) is 17.6 Å². The van der Waals surface area contributed by atoms with Crippen molar-refractivity contribution in [3.63, 3.8) is 0 Å². The molecule has 5 atom stereocenters. The maximum atomic E-state index is 12.0. The highest BCUT2D eigenvalue weighted by atomic mass is 35.5. The Morgan fingerprint density at radius 3 is 2.35 bits per heavy atom. The van der Waals surface area contributed by atoms with Crippen molar-refractivity contribution >= 4 is 35.0 Å². The van der Waals surface area contributed by atoms with Gasteiger partial charge in [0.25, 0.3) is 0 Å². The highest BCUT2D eigenvalue weighted by Crippen LogP contribution is 2.53. The summed E-state index contributed by atoms with van der Waals surface area (Å²) < 4.78 is 22.9. The first-order valence-corrected chi connectivity index (χ1v) is 19.4. The maximum Gasteiger partial charge on any atom is 0.309 e. The molecule has 4 aliphatic rings. The fourth-order valence-electron chi connectivity index (χ4n) is 8.81. The molecule has 1 N–H and O–H groups in total. The summed E-state index contributed by atoms with van der Waals surface area (Å²) in [5.74, 6) is 2.72. The van der Waals surface area contributed by atoms with E-state index < -0.39 is 0 Å². The minimum atomic E-state index is -0.246. The van der Waals surface area contributed by atoms with E-state index in [1.165, 1.54) is 12.7 Å². The SMILES string of the molecule is COC(=O)C1[C@H]2CN(Cc3cc(Cl)c(O[C@H]4CCc5c(-c6cccc(-c7ccc(CNC[C@@H]8CCC(=O)C8)c(OC)n7)c6Cl)cccc54)nc3OC)C[C@@H]12. The van der Waals surface area contributed by atoms with Gasteiger partial charge in [0.05, 0.1) is 38.0 Å². The van der Waals surface area contributed by atoms with Crippen molar-refractivity contribution in [2.24, 2.45) is 23.7 Å². The first kappa shape index (κ1) is 36.7. The second-order valence-corrected chi connectivity index (χ2v) is 15.6. The fraction of sp³-hybridized carbons (Fsp3) is 0.429. The Hall–Kier alpha value is -4.22. The van der Waals surface area contributed by atoms with Crippen LogP contribution in [0.3, 0.4) is 0 Å². The number of hydrogen-bond donors (Lipinski definition) is 1. The lowest BCUT2D eigenvalue weighted by atomic mass is 9.94. The van der Waals surface area contributed by atoms with Crippen LogP contribution in [0.5, 0.6) is 17.6 Å². The number of hydrogen-bond acceptors (Lipinski definition) is 10. The zero-order chi connectivity index (χ0) is 37.5. The molecule has 3 fully saturated rings. The predicted octanol–water partition coefficient (Wildman–Crippen LogP) is 7.51. The smallest absolute Gasteiger partial charge is 0.309 e. The molecule has 2 aromatic heterocycles. The van der Waals surface area contributed by atoms with Crippen LogP contribution >= 0.6 is 23.2 Å². The average molecular weight is 772 g/mol. The van der Waals surface area contributed by atoms with Gasteiger partial charge in [0, 0.05) is 61.3 Å². The number of Topliss-reactive ketones (excluding diaryl/α,β-unsaturated/α-hetero) is 1. The third-order valence-corrected chi connectivity index (χ3v) is 12.3. The Morgan fingerprint density at radius 1 is 0.870 bits per heavy atom. The number of carbonyl (C=O) groups excluding carboxylic acids is 2. The molecule has 54 heavy (non-hydrogen) atoms. The van der Waals surface area contributed by atoms with Crippen LogP contribution < -0.4 is 19.5 Å². The number of fused-ring (bicyclic) bond motifs is 2. The van der Waals surface area contributed by atoms with Crippen LogP contribution in [-0.2, 0) is 33.8 Å². The zero-order valence-electron chi connectivity index (χ0n) is 30.7. The first-order valence-electron chi connectivity index (χ1n) is 18.6. The molecule has 3 heterocycles. The van der Waals surface area contributed by atoms with Crippen LogP contribution in [0.15, 0.2) is 54.6 Å². The van der Waals surface area contributed by atoms with Crippen LogP contribution in [0.25, 0.3) is 22.4 Å². The van der Waals surface area contributed by atoms with Gasteiger partial charge >= 0.3 is 5.97 Å². The number of carbonyl (C=O) groups is 2. The lowest BCUT2D eigenvalue weighted by molar-refractivity contribution is -0.143. The van der Waals surface area contributed by atoms with Crippen molar-refractivity contribution in [1.82, 2.24) is 20.2 Å². The fourth-order valence-corrected chi connectivity index (χ4v) is 9.35. The molecule has 0 radical (unpaired) electrons. The molecule has 1 saturated heterocycles. The van der Waals surface area contributed by atoms with E-state index in [1.54, 1.807) is 14.2 Å². The number of likely N-dealkylation sites (tertiary alicyclic amines) is 1. The normalized spacial score (nSPS) is 22.9. The third-order valence-electron chi connectivity index (χ3n) is 11.6. The Bertz CT molecular complexity index is 2080. The van der Waals surface area contributed by atoms with Gasteiger partial charge in [-0.05, 0) is 72.4 Å². The lowest BCUT2D eigenvalue weighted by Gasteiger charge is -2.21. The number of halogens is 2. The zero-order valence-corrected chi connectivity index (χ0v) is 32.2. The molecule has 8 rings (SSSR count). The number of rotatable bonds is 13. The quantitative estimate of drug-likeness (QED) is 0.137. The lowest BCUT2D eigenvalue weighted by Crippen LogP contribution is -2.26. The van der Waals surface area contributed by atoms with Crippen molar-refractivity contribution < 1.29 is 28.5 Å². The largest absolute Gasteiger partial charge is 0.481 e. The Balaban J connectivity index is 0.971. The van der Waals surface area contributed by atoms with Gasteiger partial charge in [-0.3, -0.25) is 14.5 Å². The first-order chi connectivity index (χ1) is 26.3. The second-order valence-electron chi connectivity index (χ2n) is 14.8. The summed E-state index contributed by atoms with van der Waals surface area (Å²) >= 11 is 14.0. The Kier molecular flexibility index (Phi) is 10.5. The van der Waals surface area contributed by atoms with Crippen LogP contribution in [-0.4, -0.2) is 67.6 Å². The number of nitrogens with zero attached hydrogens (tertiary/aromatic N) is 3. The van der Waals surface area contributed by atoms with E-state index in [2.05, 4.69) is 22.3 Å². The Morgan fingerprint density at radius 2 is 1.61 bits per heavy atom. The molecular weight excluding hydrogens is 727 g/mol. The molecule has 4 aromatic rings. The van der Waals surface area contributed by atoms with Crippen molar-refractivity contribution in [3.8, 4) is 40.0 Å². The highest BCUT2D eigenvalue weighted by Gasteiger charge is 2.60. The molecular formula is C42H44Cl2N4O6. The number of methoxy groups -OCH3 is 3. The summed E-state index contributed by atoms with van der Waals surface area (Å²) in [5.41, 5.74) is 7.59. The number of piperidine rings is 1.